The molecular formula is C12H18O. The van der Waals surface area contributed by atoms with Crippen LogP contribution < -0.4 is 4.74 Å². The fourth-order valence-corrected chi connectivity index (χ4v) is 1.59. The fourth-order valence-electron chi connectivity index (χ4n) is 1.59. The third-order valence-electron chi connectivity index (χ3n) is 2.54. The SMILES string of the molecule is CCc1cc(CC)c(C)c(OC)c1. The zero-order chi connectivity index (χ0) is 9.84. The van der Waals surface area contributed by atoms with Gasteiger partial charge in [-0.25, -0.2) is 0 Å². The van der Waals surface area contributed by atoms with E-state index in [1.54, 1.807) is 7.11 Å². The van der Waals surface area contributed by atoms with E-state index in [1.807, 2.05) is 0 Å². The Balaban J connectivity index is 3.20. The van der Waals surface area contributed by atoms with Crippen LogP contribution in [0.4, 0.5) is 0 Å². The molecule has 1 aromatic carbocycles. The van der Waals surface area contributed by atoms with Crippen molar-refractivity contribution < 1.29 is 4.74 Å². The Bertz CT molecular complexity index is 264. The maximum atomic E-state index is 5.33. The second kappa shape index (κ2) is 4.31. The van der Waals surface area contributed by atoms with Crippen molar-refractivity contribution in [1.29, 1.82) is 0 Å². The highest BCUT2D eigenvalue weighted by atomic mass is 16.5. The van der Waals surface area contributed by atoms with Crippen LogP contribution in [0.5, 0.6) is 5.75 Å². The highest BCUT2D eigenvalue weighted by Gasteiger charge is 2.04. The molecule has 0 bridgehead atoms. The summed E-state index contributed by atoms with van der Waals surface area (Å²) in [6.07, 6.45) is 2.15. The molecule has 0 aliphatic carbocycles. The Morgan fingerprint density at radius 2 is 1.85 bits per heavy atom. The number of rotatable bonds is 3. The van der Waals surface area contributed by atoms with Gasteiger partial charge in [-0.1, -0.05) is 19.9 Å². The van der Waals surface area contributed by atoms with Gasteiger partial charge in [-0.05, 0) is 42.5 Å². The Kier molecular flexibility index (Phi) is 3.35. The molecule has 1 aromatic rings. The summed E-state index contributed by atoms with van der Waals surface area (Å²) in [7, 11) is 1.74. The van der Waals surface area contributed by atoms with Crippen LogP contribution in [0.15, 0.2) is 12.1 Å². The zero-order valence-corrected chi connectivity index (χ0v) is 8.98. The van der Waals surface area contributed by atoms with E-state index < -0.39 is 0 Å². The largest absolute Gasteiger partial charge is 0.496 e. The van der Waals surface area contributed by atoms with Crippen LogP contribution in [-0.4, -0.2) is 7.11 Å². The van der Waals surface area contributed by atoms with Crippen LogP contribution in [0.25, 0.3) is 0 Å². The van der Waals surface area contributed by atoms with Crippen molar-refractivity contribution in [2.24, 2.45) is 0 Å². The van der Waals surface area contributed by atoms with Crippen LogP contribution in [0.3, 0.4) is 0 Å². The molecule has 1 heteroatoms. The standard InChI is InChI=1S/C12H18O/c1-5-10-7-11(6-2)9(3)12(8-10)13-4/h7-8H,5-6H2,1-4H3. The Hall–Kier alpha value is -0.980. The third-order valence-corrected chi connectivity index (χ3v) is 2.54. The minimum absolute atomic E-state index is 1.02. The summed E-state index contributed by atoms with van der Waals surface area (Å²) in [4.78, 5) is 0. The Labute approximate surface area is 80.7 Å². The summed E-state index contributed by atoms with van der Waals surface area (Å²) < 4.78 is 5.33. The van der Waals surface area contributed by atoms with Crippen molar-refractivity contribution >= 4 is 0 Å². The summed E-state index contributed by atoms with van der Waals surface area (Å²) in [6, 6.07) is 4.41. The first-order valence-electron chi connectivity index (χ1n) is 4.89. The molecule has 0 saturated carbocycles. The van der Waals surface area contributed by atoms with Crippen LogP contribution in [-0.2, 0) is 12.8 Å². The highest BCUT2D eigenvalue weighted by Crippen LogP contribution is 2.24. The van der Waals surface area contributed by atoms with Gasteiger partial charge in [0.1, 0.15) is 5.75 Å². The third kappa shape index (κ3) is 2.03. The van der Waals surface area contributed by atoms with Gasteiger partial charge < -0.3 is 4.74 Å². The second-order valence-electron chi connectivity index (χ2n) is 3.29. The molecule has 0 aromatic heterocycles. The molecule has 0 heterocycles. The molecule has 0 saturated heterocycles. The maximum absolute atomic E-state index is 5.33. The van der Waals surface area contributed by atoms with Crippen molar-refractivity contribution in [1.82, 2.24) is 0 Å². The molecule has 0 aliphatic rings. The molecule has 0 aliphatic heterocycles. The van der Waals surface area contributed by atoms with Gasteiger partial charge >= 0.3 is 0 Å². The Morgan fingerprint density at radius 1 is 1.15 bits per heavy atom. The van der Waals surface area contributed by atoms with Crippen molar-refractivity contribution in [2.45, 2.75) is 33.6 Å². The van der Waals surface area contributed by atoms with E-state index in [1.165, 1.54) is 16.7 Å². The molecule has 0 spiro atoms. The van der Waals surface area contributed by atoms with Gasteiger partial charge in [-0.15, -0.1) is 0 Å². The van der Waals surface area contributed by atoms with E-state index in [-0.39, 0.29) is 0 Å². The summed E-state index contributed by atoms with van der Waals surface area (Å²) in [5, 5.41) is 0. The average molecular weight is 178 g/mol. The molecule has 1 nitrogen and oxygen atoms in total. The second-order valence-corrected chi connectivity index (χ2v) is 3.29. The van der Waals surface area contributed by atoms with E-state index in [9.17, 15) is 0 Å². The smallest absolute Gasteiger partial charge is 0.122 e. The van der Waals surface area contributed by atoms with Crippen molar-refractivity contribution in [3.05, 3.63) is 28.8 Å². The fraction of sp³-hybridized carbons (Fsp3) is 0.500. The molecule has 0 radical (unpaired) electrons. The van der Waals surface area contributed by atoms with Crippen LogP contribution in [0.1, 0.15) is 30.5 Å². The van der Waals surface area contributed by atoms with Crippen LogP contribution >= 0.6 is 0 Å². The minimum atomic E-state index is 1.02. The quantitative estimate of drug-likeness (QED) is 0.691. The molecule has 0 N–H and O–H groups in total. The number of aryl methyl sites for hydroxylation is 2. The van der Waals surface area contributed by atoms with Gasteiger partial charge in [0.2, 0.25) is 0 Å². The number of ether oxygens (including phenoxy) is 1. The number of benzene rings is 1. The van der Waals surface area contributed by atoms with E-state index in [0.29, 0.717) is 0 Å². The summed E-state index contributed by atoms with van der Waals surface area (Å²) in [5.41, 5.74) is 4.04. The summed E-state index contributed by atoms with van der Waals surface area (Å²) in [5.74, 6) is 1.02. The number of methoxy groups -OCH3 is 1. The first kappa shape index (κ1) is 10.1. The monoisotopic (exact) mass is 178 g/mol. The molecular weight excluding hydrogens is 160 g/mol. The normalized spacial score (nSPS) is 10.2. The maximum Gasteiger partial charge on any atom is 0.122 e. The highest BCUT2D eigenvalue weighted by molar-refractivity contribution is 5.43. The molecule has 0 fully saturated rings. The number of hydrogen-bond acceptors (Lipinski definition) is 1. The molecule has 1 rings (SSSR count). The molecule has 0 atom stereocenters. The zero-order valence-electron chi connectivity index (χ0n) is 8.98. The van der Waals surface area contributed by atoms with Gasteiger partial charge in [-0.2, -0.15) is 0 Å². The van der Waals surface area contributed by atoms with Gasteiger partial charge in [0.05, 0.1) is 7.11 Å². The summed E-state index contributed by atoms with van der Waals surface area (Å²) in [6.45, 7) is 6.47. The first-order valence-corrected chi connectivity index (χ1v) is 4.89. The first-order chi connectivity index (χ1) is 6.22. The minimum Gasteiger partial charge on any atom is -0.496 e. The van der Waals surface area contributed by atoms with Gasteiger partial charge in [-0.3, -0.25) is 0 Å². The van der Waals surface area contributed by atoms with E-state index >= 15 is 0 Å². The number of hydrogen-bond donors (Lipinski definition) is 0. The molecule has 0 amide bonds. The lowest BCUT2D eigenvalue weighted by Gasteiger charge is -2.11. The Morgan fingerprint density at radius 3 is 2.31 bits per heavy atom. The lowest BCUT2D eigenvalue weighted by Crippen LogP contribution is -1.95. The molecule has 0 unspecified atom stereocenters. The topological polar surface area (TPSA) is 9.23 Å². The van der Waals surface area contributed by atoms with E-state index in [2.05, 4.69) is 32.9 Å². The van der Waals surface area contributed by atoms with E-state index in [0.717, 1.165) is 18.6 Å². The predicted octanol–water partition coefficient (Wildman–Crippen LogP) is 3.13. The summed E-state index contributed by atoms with van der Waals surface area (Å²) >= 11 is 0. The lowest BCUT2D eigenvalue weighted by molar-refractivity contribution is 0.410. The molecule has 72 valence electrons. The predicted molar refractivity (Wildman–Crippen MR) is 56.5 cm³/mol. The van der Waals surface area contributed by atoms with Crippen molar-refractivity contribution in [3.8, 4) is 5.75 Å². The van der Waals surface area contributed by atoms with Gasteiger partial charge in [0, 0.05) is 0 Å². The molecule has 13 heavy (non-hydrogen) atoms. The van der Waals surface area contributed by atoms with Gasteiger partial charge in [0.25, 0.3) is 0 Å². The average Bonchev–Trinajstić information content (AvgIpc) is 2.18. The van der Waals surface area contributed by atoms with Crippen molar-refractivity contribution in [3.63, 3.8) is 0 Å². The lowest BCUT2D eigenvalue weighted by atomic mass is 10.0. The van der Waals surface area contributed by atoms with E-state index in [4.69, 9.17) is 4.74 Å². The van der Waals surface area contributed by atoms with Crippen molar-refractivity contribution in [2.75, 3.05) is 7.11 Å². The van der Waals surface area contributed by atoms with Crippen LogP contribution in [0.2, 0.25) is 0 Å². The van der Waals surface area contributed by atoms with Crippen LogP contribution in [0, 0.1) is 6.92 Å². The van der Waals surface area contributed by atoms with Gasteiger partial charge in [0.15, 0.2) is 0 Å².